The third kappa shape index (κ3) is 7.95. The third-order valence-electron chi connectivity index (χ3n) is 2.08. The van der Waals surface area contributed by atoms with Crippen LogP contribution < -0.4 is 0 Å². The van der Waals surface area contributed by atoms with Crippen LogP contribution in [-0.4, -0.2) is 53.2 Å². The first kappa shape index (κ1) is 20.6. The molecule has 2 N–H and O–H groups in total. The Balaban J connectivity index is 0.000000364. The molecule has 0 aliphatic carbocycles. The summed E-state index contributed by atoms with van der Waals surface area (Å²) in [5.41, 5.74) is 3.51. The van der Waals surface area contributed by atoms with Gasteiger partial charge in [-0.15, -0.1) is 0 Å². The van der Waals surface area contributed by atoms with Gasteiger partial charge in [-0.05, 0) is 0 Å². The van der Waals surface area contributed by atoms with E-state index in [4.69, 9.17) is 9.11 Å². The smallest absolute Gasteiger partial charge is 0.284 e. The van der Waals surface area contributed by atoms with Crippen LogP contribution in [0, 0.1) is 0 Å². The van der Waals surface area contributed by atoms with Gasteiger partial charge in [0.05, 0.1) is 0 Å². The van der Waals surface area contributed by atoms with Crippen molar-refractivity contribution in [2.75, 3.05) is 0 Å². The summed E-state index contributed by atoms with van der Waals surface area (Å²) in [5.74, 6) is 0. The van der Waals surface area contributed by atoms with Gasteiger partial charge in [0.15, 0.2) is 0 Å². The molecule has 0 radical (unpaired) electrons. The van der Waals surface area contributed by atoms with Gasteiger partial charge in [0, 0.05) is 0 Å². The van der Waals surface area contributed by atoms with Crippen molar-refractivity contribution in [3.05, 3.63) is 47.9 Å². The van der Waals surface area contributed by atoms with Crippen LogP contribution in [0.3, 0.4) is 0 Å². The molecule has 0 unspecified atom stereocenters. The number of hydrogen-bond acceptors (Lipinski definition) is 4. The van der Waals surface area contributed by atoms with E-state index in [0.717, 1.165) is 0 Å². The van der Waals surface area contributed by atoms with Gasteiger partial charge < -0.3 is 0 Å². The predicted octanol–water partition coefficient (Wildman–Crippen LogP) is -0.954. The Morgan fingerprint density at radius 2 is 1.05 bits per heavy atom. The fourth-order valence-corrected chi connectivity index (χ4v) is 4.84. The molecule has 0 aromatic rings. The van der Waals surface area contributed by atoms with Crippen molar-refractivity contribution in [3.63, 3.8) is 0 Å². The van der Waals surface area contributed by atoms with Gasteiger partial charge >= 0.3 is 19.5 Å². The molecule has 0 aromatic heterocycles. The first-order chi connectivity index (χ1) is 9.21. The summed E-state index contributed by atoms with van der Waals surface area (Å²) in [7, 11) is -8.64. The van der Waals surface area contributed by atoms with Gasteiger partial charge in [0.1, 0.15) is 0 Å². The molecule has 0 bridgehead atoms. The van der Waals surface area contributed by atoms with Gasteiger partial charge in [0.25, 0.3) is 20.2 Å². The molecule has 6 nitrogen and oxygen atoms in total. The van der Waals surface area contributed by atoms with E-state index in [0.29, 0.717) is 0 Å². The van der Waals surface area contributed by atoms with Crippen molar-refractivity contribution in [1.29, 1.82) is 0 Å². The largest absolute Gasteiger partial charge is 2.00 e. The SMILES string of the molecule is O=S(=O)(O)C1=[SiH-]C=CC=C1.O=S(=O)(O)C1=[SiH-]C=CC=C1.[Zn+2]. The van der Waals surface area contributed by atoms with Gasteiger partial charge in [0.2, 0.25) is 0 Å². The van der Waals surface area contributed by atoms with E-state index < -0.39 is 38.5 Å². The van der Waals surface area contributed by atoms with E-state index in [2.05, 4.69) is 0 Å². The number of hydrogen-bond donors (Lipinski definition) is 2. The van der Waals surface area contributed by atoms with Crippen LogP contribution in [0.1, 0.15) is 0 Å². The molecular weight excluding hydrogens is 402 g/mol. The molecule has 2 heterocycles. The summed E-state index contributed by atoms with van der Waals surface area (Å²) in [6.07, 6.45) is 9.57. The van der Waals surface area contributed by atoms with E-state index in [1.165, 1.54) is 12.2 Å². The summed E-state index contributed by atoms with van der Waals surface area (Å²) in [4.78, 5) is 0. The second-order valence-corrected chi connectivity index (χ2v) is 9.94. The van der Waals surface area contributed by atoms with Crippen LogP contribution in [0.2, 0.25) is 0 Å². The summed E-state index contributed by atoms with van der Waals surface area (Å²) in [6, 6.07) is 0. The zero-order valence-electron chi connectivity index (χ0n) is 10.8. The van der Waals surface area contributed by atoms with Crippen molar-refractivity contribution in [3.8, 4) is 0 Å². The minimum Gasteiger partial charge on any atom is -0.284 e. The van der Waals surface area contributed by atoms with E-state index in [9.17, 15) is 16.8 Å². The summed E-state index contributed by atoms with van der Waals surface area (Å²) in [6.45, 7) is 0. The minimum absolute atomic E-state index is 0. The average molecular weight is 414 g/mol. The van der Waals surface area contributed by atoms with E-state index in [1.807, 2.05) is 0 Å². The van der Waals surface area contributed by atoms with Gasteiger partial charge in [-0.3, -0.25) is 27.4 Å². The molecule has 0 saturated carbocycles. The van der Waals surface area contributed by atoms with Crippen LogP contribution in [0.4, 0.5) is 0 Å². The topological polar surface area (TPSA) is 109 Å². The molecule has 2 aliphatic heterocycles. The first-order valence-corrected chi connectivity index (χ1v) is 10.6. The maximum atomic E-state index is 10.4. The molecule has 0 fully saturated rings. The van der Waals surface area contributed by atoms with Crippen LogP contribution in [0.5, 0.6) is 0 Å². The molecule has 0 amide bonds. The molecule has 2 rings (SSSR count). The Labute approximate surface area is 140 Å². The van der Waals surface area contributed by atoms with E-state index in [1.54, 1.807) is 35.7 Å². The zero-order chi connectivity index (χ0) is 15.2. The van der Waals surface area contributed by atoms with Crippen LogP contribution >= 0.6 is 0 Å². The Morgan fingerprint density at radius 1 is 0.714 bits per heavy atom. The molecule has 0 spiro atoms. The van der Waals surface area contributed by atoms with Crippen molar-refractivity contribution >= 4 is 47.5 Å². The van der Waals surface area contributed by atoms with Gasteiger partial charge in [-0.1, -0.05) is 45.5 Å². The molecule has 11 heteroatoms. The van der Waals surface area contributed by atoms with Gasteiger partial charge in [-0.2, -0.15) is 16.8 Å². The zero-order valence-corrected chi connectivity index (χ0v) is 17.7. The normalized spacial score (nSPS) is 16.3. The Hall–Kier alpha value is -0.423. The van der Waals surface area contributed by atoms with E-state index in [-0.39, 0.29) is 28.5 Å². The Kier molecular flexibility index (Phi) is 8.71. The first-order valence-electron chi connectivity index (χ1n) is 5.26. The van der Waals surface area contributed by atoms with Crippen molar-refractivity contribution in [1.82, 2.24) is 0 Å². The molecule has 2 aliphatic rings. The van der Waals surface area contributed by atoms with E-state index >= 15 is 0 Å². The van der Waals surface area contributed by atoms with Crippen molar-refractivity contribution in [2.24, 2.45) is 0 Å². The standard InChI is InChI=1S/2C5H6O3SSi.Zn/c2*6-9(7,8)5-3-1-2-4-10-5;/h2*1-4,10H,(H,6,7,8);/q2*-1;+2. The summed E-state index contributed by atoms with van der Waals surface area (Å²) in [5, 5.41) is 0. The predicted molar refractivity (Wildman–Crippen MR) is 84.0 cm³/mol. The Morgan fingerprint density at radius 3 is 1.19 bits per heavy atom. The van der Waals surface area contributed by atoms with Crippen LogP contribution in [0.25, 0.3) is 0 Å². The van der Waals surface area contributed by atoms with Gasteiger partial charge in [-0.25, -0.2) is 11.4 Å². The number of rotatable bonds is 2. The van der Waals surface area contributed by atoms with Crippen molar-refractivity contribution < 1.29 is 45.4 Å². The fourth-order valence-electron chi connectivity index (χ4n) is 1.18. The molecule has 0 aromatic carbocycles. The quantitative estimate of drug-likeness (QED) is 0.446. The molecular formula is C10H12O6S2Si2Zn. The van der Waals surface area contributed by atoms with Crippen molar-refractivity contribution in [2.45, 2.75) is 0 Å². The molecule has 0 saturated heterocycles. The molecule has 0 atom stereocenters. The monoisotopic (exact) mass is 412 g/mol. The number of allylic oxidation sites excluding steroid dienone is 4. The second kappa shape index (κ2) is 8.88. The van der Waals surface area contributed by atoms with Crippen LogP contribution in [-0.2, 0) is 39.7 Å². The maximum absolute atomic E-state index is 10.4. The average Bonchev–Trinajstić information content (AvgIpc) is 2.40. The third-order valence-corrected chi connectivity index (χ3v) is 8.02. The summed E-state index contributed by atoms with van der Waals surface area (Å²) < 4.78 is 59.1. The molecule has 110 valence electrons. The molecule has 21 heavy (non-hydrogen) atoms. The fraction of sp³-hybridized carbons (Fsp3) is 0. The minimum atomic E-state index is -3.91. The second-order valence-electron chi connectivity index (χ2n) is 3.58. The maximum Gasteiger partial charge on any atom is 2.00 e. The summed E-state index contributed by atoms with van der Waals surface area (Å²) >= 11 is 0. The Bertz CT molecular complexity index is 691. The van der Waals surface area contributed by atoms with Crippen LogP contribution in [0.15, 0.2) is 47.9 Å².